The largest absolute Gasteiger partial charge is 0.444 e. The van der Waals surface area contributed by atoms with Crippen LogP contribution in [0.1, 0.15) is 24.3 Å². The molecule has 0 aliphatic carbocycles. The maximum Gasteiger partial charge on any atom is 0.277 e. The normalized spacial score (nSPS) is 17.5. The molecule has 0 spiro atoms. The van der Waals surface area contributed by atoms with Crippen molar-refractivity contribution in [1.82, 2.24) is 19.7 Å². The number of rotatable bonds is 5. The first kappa shape index (κ1) is 20.1. The second-order valence-corrected chi connectivity index (χ2v) is 7.56. The van der Waals surface area contributed by atoms with E-state index in [1.807, 2.05) is 0 Å². The molecule has 3 aromatic heterocycles. The molecule has 1 aliphatic heterocycles. The smallest absolute Gasteiger partial charge is 0.277 e. The Morgan fingerprint density at radius 2 is 2.29 bits per heavy atom. The van der Waals surface area contributed by atoms with Crippen molar-refractivity contribution in [3.63, 3.8) is 0 Å². The molecule has 1 saturated heterocycles. The number of anilines is 2. The summed E-state index contributed by atoms with van der Waals surface area (Å²) in [6.07, 6.45) is 7.03. The average molecular weight is 420 g/mol. The van der Waals surface area contributed by atoms with Gasteiger partial charge in [-0.3, -0.25) is 24.2 Å². The van der Waals surface area contributed by atoms with E-state index in [-0.39, 0.29) is 29.9 Å². The molecular weight excluding hydrogens is 402 g/mol. The van der Waals surface area contributed by atoms with E-state index < -0.39 is 17.4 Å². The van der Waals surface area contributed by atoms with Crippen LogP contribution in [0.15, 0.2) is 40.3 Å². The Labute approximate surface area is 176 Å². The molecule has 12 nitrogen and oxygen atoms in total. The summed E-state index contributed by atoms with van der Waals surface area (Å²) in [5.74, 6) is -0.266. The van der Waals surface area contributed by atoms with Gasteiger partial charge in [0.1, 0.15) is 12.0 Å². The van der Waals surface area contributed by atoms with Crippen LogP contribution in [0.5, 0.6) is 0 Å². The van der Waals surface area contributed by atoms with Crippen molar-refractivity contribution in [2.75, 3.05) is 16.8 Å². The zero-order chi connectivity index (χ0) is 22.2. The van der Waals surface area contributed by atoms with Crippen molar-refractivity contribution in [3.05, 3.63) is 53.1 Å². The monoisotopic (exact) mass is 420 g/mol. The minimum absolute atomic E-state index is 0.0571. The van der Waals surface area contributed by atoms with Gasteiger partial charge in [0.25, 0.3) is 5.91 Å². The third kappa shape index (κ3) is 3.60. The van der Waals surface area contributed by atoms with Gasteiger partial charge in [-0.05, 0) is 17.7 Å². The van der Waals surface area contributed by atoms with Crippen LogP contribution in [-0.2, 0) is 11.8 Å². The van der Waals surface area contributed by atoms with Gasteiger partial charge >= 0.3 is 0 Å². The van der Waals surface area contributed by atoms with Crippen LogP contribution in [0.2, 0.25) is 0 Å². The fourth-order valence-electron chi connectivity index (χ4n) is 3.31. The molecule has 3 aromatic rings. The molecule has 0 saturated carbocycles. The quantitative estimate of drug-likeness (QED) is 0.380. The van der Waals surface area contributed by atoms with Gasteiger partial charge < -0.3 is 9.73 Å². The Morgan fingerprint density at radius 3 is 3.00 bits per heavy atom. The number of nitrogens with zero attached hydrogens (tertiary/aromatic N) is 8. The minimum atomic E-state index is -0.895. The molecule has 157 valence electrons. The summed E-state index contributed by atoms with van der Waals surface area (Å²) in [4.78, 5) is 37.9. The molecule has 4 heterocycles. The van der Waals surface area contributed by atoms with Crippen molar-refractivity contribution in [1.29, 1.82) is 0 Å². The molecular formula is C19H18N9O3. The fourth-order valence-corrected chi connectivity index (χ4v) is 3.31. The van der Waals surface area contributed by atoms with Crippen molar-refractivity contribution in [2.45, 2.75) is 19.9 Å². The van der Waals surface area contributed by atoms with E-state index in [0.717, 1.165) is 0 Å². The molecule has 31 heavy (non-hydrogen) atoms. The third-order valence-corrected chi connectivity index (χ3v) is 5.10. The number of carbonyl (C=O) groups is 2. The number of pyridine rings is 1. The second kappa shape index (κ2) is 7.58. The summed E-state index contributed by atoms with van der Waals surface area (Å²) in [6, 6.07) is 2.71. The summed E-state index contributed by atoms with van der Waals surface area (Å²) < 4.78 is 6.86. The third-order valence-electron chi connectivity index (χ3n) is 5.10. The fraction of sp³-hybridized carbons (Fsp3) is 0.316. The van der Waals surface area contributed by atoms with Gasteiger partial charge in [0.05, 0.1) is 23.9 Å². The van der Waals surface area contributed by atoms with Crippen molar-refractivity contribution < 1.29 is 14.0 Å². The highest BCUT2D eigenvalue weighted by Gasteiger charge is 2.48. The lowest BCUT2D eigenvalue weighted by atomic mass is 9.88. The Hall–Kier alpha value is -4.18. The van der Waals surface area contributed by atoms with Crippen molar-refractivity contribution in [2.24, 2.45) is 17.6 Å². The number of nitrogens with one attached hydrogen (secondary N) is 1. The maximum atomic E-state index is 12.9. The van der Waals surface area contributed by atoms with E-state index in [9.17, 15) is 9.59 Å². The standard InChI is InChI=1S/C19H18N9O3/c1-19(2)14(24-26-20)9-28(18(19)30)15-12(8-27(3)25-15)22-16(29)13-10-31-17(23-13)11-4-6-21-7-5-11/h4-6,8,10,14H,9H2,1-3H3,(H,22,29). The average Bonchev–Trinajstić information content (AvgIpc) is 3.43. The van der Waals surface area contributed by atoms with Crippen LogP contribution in [-0.4, -0.2) is 44.1 Å². The Morgan fingerprint density at radius 1 is 1.48 bits per heavy atom. The number of aromatic nitrogens is 4. The molecule has 1 atom stereocenters. The Balaban J connectivity index is 1.59. The molecule has 2 amide bonds. The molecule has 0 bridgehead atoms. The molecule has 1 fully saturated rings. The lowest BCUT2D eigenvalue weighted by Gasteiger charge is -2.19. The van der Waals surface area contributed by atoms with Gasteiger partial charge in [-0.15, -0.1) is 0 Å². The minimum Gasteiger partial charge on any atom is -0.444 e. The summed E-state index contributed by atoms with van der Waals surface area (Å²) in [7, 11) is 1.67. The number of oxazole rings is 1. The van der Waals surface area contributed by atoms with Gasteiger partial charge in [-0.25, -0.2) is 4.98 Å². The van der Waals surface area contributed by atoms with Gasteiger partial charge in [0.15, 0.2) is 11.5 Å². The number of hydrogen-bond acceptors (Lipinski definition) is 7. The van der Waals surface area contributed by atoms with Crippen molar-refractivity contribution in [3.8, 4) is 11.5 Å². The zero-order valence-corrected chi connectivity index (χ0v) is 17.0. The van der Waals surface area contributed by atoms with Crippen LogP contribution < -0.4 is 10.2 Å². The molecule has 1 unspecified atom stereocenters. The lowest BCUT2D eigenvalue weighted by molar-refractivity contribution is -0.124. The lowest BCUT2D eigenvalue weighted by Crippen LogP contribution is -2.33. The highest BCUT2D eigenvalue weighted by atomic mass is 16.3. The van der Waals surface area contributed by atoms with Crippen LogP contribution in [0.3, 0.4) is 0 Å². The topological polar surface area (TPSA) is 155 Å². The van der Waals surface area contributed by atoms with Crippen LogP contribution >= 0.6 is 0 Å². The summed E-state index contributed by atoms with van der Waals surface area (Å²) in [5, 5.41) is 10.8. The Kier molecular flexibility index (Phi) is 4.91. The number of carbonyl (C=O) groups excluding carboxylic acids is 2. The van der Waals surface area contributed by atoms with Gasteiger partial charge in [-0.2, -0.15) is 5.10 Å². The van der Waals surface area contributed by atoms with E-state index in [1.54, 1.807) is 45.4 Å². The van der Waals surface area contributed by atoms with E-state index >= 15 is 0 Å². The van der Waals surface area contributed by atoms with Crippen molar-refractivity contribution >= 4 is 23.3 Å². The summed E-state index contributed by atoms with van der Waals surface area (Å²) >= 11 is 0. The predicted molar refractivity (Wildman–Crippen MR) is 109 cm³/mol. The first-order valence-corrected chi connectivity index (χ1v) is 9.30. The number of hydrogen-bond donors (Lipinski definition) is 1. The number of azide groups is 1. The van der Waals surface area contributed by atoms with Crippen LogP contribution in [0, 0.1) is 11.6 Å². The van der Waals surface area contributed by atoms with E-state index in [0.29, 0.717) is 11.3 Å². The SMILES string of the molecule is Cn1cc(NC(=O)c2coc(-c3c[c]ncc3)n2)c(N2CC(N=[N+]=[N-])C(C)(C)C2=O)n1. The second-order valence-electron chi connectivity index (χ2n) is 7.56. The molecule has 1 radical (unpaired) electrons. The summed E-state index contributed by atoms with van der Waals surface area (Å²) in [6.45, 7) is 3.58. The van der Waals surface area contributed by atoms with E-state index in [1.165, 1.54) is 15.8 Å². The van der Waals surface area contributed by atoms with E-state index in [2.05, 4.69) is 36.6 Å². The highest BCUT2D eigenvalue weighted by Crippen LogP contribution is 2.38. The highest BCUT2D eigenvalue weighted by molar-refractivity contribution is 6.07. The molecule has 0 aromatic carbocycles. The van der Waals surface area contributed by atoms with Gasteiger partial charge in [-0.1, -0.05) is 19.0 Å². The first-order valence-electron chi connectivity index (χ1n) is 9.30. The number of aryl methyl sites for hydroxylation is 1. The van der Waals surface area contributed by atoms with Gasteiger partial charge in [0.2, 0.25) is 11.8 Å². The molecule has 12 heteroatoms. The van der Waals surface area contributed by atoms with Crippen LogP contribution in [0.25, 0.3) is 21.9 Å². The Bertz CT molecular complexity index is 1190. The summed E-state index contributed by atoms with van der Waals surface area (Å²) in [5.41, 5.74) is 8.93. The zero-order valence-electron chi connectivity index (χ0n) is 17.0. The van der Waals surface area contributed by atoms with Gasteiger partial charge in [0, 0.05) is 30.3 Å². The first-order chi connectivity index (χ1) is 14.8. The predicted octanol–water partition coefficient (Wildman–Crippen LogP) is 2.57. The van der Waals surface area contributed by atoms with Crippen LogP contribution in [0.4, 0.5) is 11.5 Å². The molecule has 1 aliphatic rings. The molecule has 1 N–H and O–H groups in total. The van der Waals surface area contributed by atoms with E-state index in [4.69, 9.17) is 9.95 Å². The molecule has 4 rings (SSSR count). The maximum absolute atomic E-state index is 12.9. The number of amides is 2.